The number of rotatable bonds is 3. The molecule has 0 aromatic carbocycles. The van der Waals surface area contributed by atoms with Crippen LogP contribution < -0.4 is 5.32 Å². The molecule has 0 aliphatic carbocycles. The standard InChI is InChI=1S/C16H26N4O/c1-2-16(7-4-8-17-12-16)15(21)20-10-3-5-13(11-20)14-6-9-18-19-14/h6,9,13,17H,2-5,7-8,10-12H2,1H3,(H,18,19). The van der Waals surface area contributed by atoms with Crippen molar-refractivity contribution in [1.82, 2.24) is 20.4 Å². The Balaban J connectivity index is 1.71. The topological polar surface area (TPSA) is 61.0 Å². The zero-order chi connectivity index (χ0) is 14.7. The van der Waals surface area contributed by atoms with Crippen molar-refractivity contribution in [3.63, 3.8) is 0 Å². The molecule has 2 atom stereocenters. The van der Waals surface area contributed by atoms with Crippen molar-refractivity contribution >= 4 is 5.91 Å². The van der Waals surface area contributed by atoms with Crippen LogP contribution in [-0.4, -0.2) is 47.2 Å². The lowest BCUT2D eigenvalue weighted by atomic mass is 9.76. The molecule has 3 rings (SSSR count). The van der Waals surface area contributed by atoms with Crippen LogP contribution in [0.25, 0.3) is 0 Å². The van der Waals surface area contributed by atoms with E-state index in [-0.39, 0.29) is 5.41 Å². The number of nitrogens with one attached hydrogen (secondary N) is 2. The van der Waals surface area contributed by atoms with Gasteiger partial charge in [0.15, 0.2) is 0 Å². The Morgan fingerprint density at radius 1 is 1.52 bits per heavy atom. The Morgan fingerprint density at radius 2 is 2.43 bits per heavy atom. The van der Waals surface area contributed by atoms with Crippen LogP contribution in [0.2, 0.25) is 0 Å². The summed E-state index contributed by atoms with van der Waals surface area (Å²) in [4.78, 5) is 15.2. The Bertz CT molecular complexity index is 465. The minimum Gasteiger partial charge on any atom is -0.342 e. The predicted molar refractivity (Wildman–Crippen MR) is 82.0 cm³/mol. The minimum atomic E-state index is -0.172. The second-order valence-corrected chi connectivity index (χ2v) is 6.52. The van der Waals surface area contributed by atoms with Gasteiger partial charge in [-0.05, 0) is 44.7 Å². The average Bonchev–Trinajstić information content (AvgIpc) is 3.09. The van der Waals surface area contributed by atoms with E-state index in [9.17, 15) is 4.79 Å². The van der Waals surface area contributed by atoms with Crippen molar-refractivity contribution in [2.24, 2.45) is 5.41 Å². The van der Waals surface area contributed by atoms with Gasteiger partial charge in [-0.15, -0.1) is 0 Å². The van der Waals surface area contributed by atoms with E-state index in [1.807, 2.05) is 6.07 Å². The normalized spacial score (nSPS) is 30.3. The molecule has 2 aliphatic heterocycles. The summed E-state index contributed by atoms with van der Waals surface area (Å²) in [6, 6.07) is 2.04. The maximum atomic E-state index is 13.1. The van der Waals surface area contributed by atoms with Crippen molar-refractivity contribution in [3.05, 3.63) is 18.0 Å². The van der Waals surface area contributed by atoms with Crippen molar-refractivity contribution in [2.45, 2.75) is 44.9 Å². The minimum absolute atomic E-state index is 0.172. The first-order valence-corrected chi connectivity index (χ1v) is 8.24. The number of aromatic amines is 1. The molecule has 0 spiro atoms. The SMILES string of the molecule is CCC1(C(=O)N2CCCC(c3ccn[nH]3)C2)CCCNC1. The van der Waals surface area contributed by atoms with Gasteiger partial charge in [0.25, 0.3) is 0 Å². The Hall–Kier alpha value is -1.36. The highest BCUT2D eigenvalue weighted by Crippen LogP contribution is 2.35. The van der Waals surface area contributed by atoms with Crippen LogP contribution in [0.4, 0.5) is 0 Å². The van der Waals surface area contributed by atoms with Gasteiger partial charge < -0.3 is 10.2 Å². The lowest BCUT2D eigenvalue weighted by Crippen LogP contribution is -2.53. The van der Waals surface area contributed by atoms with Gasteiger partial charge in [0.2, 0.25) is 5.91 Å². The Labute approximate surface area is 126 Å². The van der Waals surface area contributed by atoms with Gasteiger partial charge in [0.1, 0.15) is 0 Å². The third kappa shape index (κ3) is 2.84. The van der Waals surface area contributed by atoms with Crippen LogP contribution in [0.5, 0.6) is 0 Å². The molecular formula is C16H26N4O. The third-order valence-corrected chi connectivity index (χ3v) is 5.27. The van der Waals surface area contributed by atoms with E-state index < -0.39 is 0 Å². The fraction of sp³-hybridized carbons (Fsp3) is 0.750. The third-order valence-electron chi connectivity index (χ3n) is 5.27. The summed E-state index contributed by atoms with van der Waals surface area (Å²) in [6.45, 7) is 5.79. The second-order valence-electron chi connectivity index (χ2n) is 6.52. The van der Waals surface area contributed by atoms with Crippen LogP contribution >= 0.6 is 0 Å². The number of carbonyl (C=O) groups is 1. The molecule has 116 valence electrons. The molecule has 0 bridgehead atoms. The smallest absolute Gasteiger partial charge is 0.230 e. The number of piperidine rings is 2. The van der Waals surface area contributed by atoms with E-state index in [0.717, 1.165) is 58.3 Å². The first-order chi connectivity index (χ1) is 10.2. The lowest BCUT2D eigenvalue weighted by molar-refractivity contribution is -0.145. The molecule has 5 heteroatoms. The molecule has 0 saturated carbocycles. The van der Waals surface area contributed by atoms with Crippen molar-refractivity contribution < 1.29 is 4.79 Å². The molecule has 2 N–H and O–H groups in total. The maximum Gasteiger partial charge on any atom is 0.230 e. The molecule has 5 nitrogen and oxygen atoms in total. The molecule has 1 amide bonds. The van der Waals surface area contributed by atoms with E-state index in [2.05, 4.69) is 27.3 Å². The summed E-state index contributed by atoms with van der Waals surface area (Å²) >= 11 is 0. The first kappa shape index (κ1) is 14.6. The van der Waals surface area contributed by atoms with Crippen LogP contribution in [0, 0.1) is 5.41 Å². The highest BCUT2D eigenvalue weighted by atomic mass is 16.2. The molecule has 21 heavy (non-hydrogen) atoms. The van der Waals surface area contributed by atoms with Gasteiger partial charge in [0, 0.05) is 37.4 Å². The Morgan fingerprint density at radius 3 is 3.10 bits per heavy atom. The van der Waals surface area contributed by atoms with Crippen molar-refractivity contribution in [1.29, 1.82) is 0 Å². The van der Waals surface area contributed by atoms with E-state index in [0.29, 0.717) is 11.8 Å². The average molecular weight is 290 g/mol. The van der Waals surface area contributed by atoms with Gasteiger partial charge >= 0.3 is 0 Å². The molecule has 2 saturated heterocycles. The number of aromatic nitrogens is 2. The number of carbonyl (C=O) groups excluding carboxylic acids is 1. The van der Waals surface area contributed by atoms with Crippen LogP contribution in [-0.2, 0) is 4.79 Å². The van der Waals surface area contributed by atoms with Gasteiger partial charge in [-0.1, -0.05) is 6.92 Å². The molecule has 1 aromatic rings. The van der Waals surface area contributed by atoms with Crippen LogP contribution in [0.15, 0.2) is 12.3 Å². The zero-order valence-electron chi connectivity index (χ0n) is 12.9. The summed E-state index contributed by atoms with van der Waals surface area (Å²) in [5, 5.41) is 10.5. The van der Waals surface area contributed by atoms with Crippen molar-refractivity contribution in [3.8, 4) is 0 Å². The molecule has 2 fully saturated rings. The molecule has 3 heterocycles. The van der Waals surface area contributed by atoms with E-state index >= 15 is 0 Å². The highest BCUT2D eigenvalue weighted by Gasteiger charge is 2.41. The predicted octanol–water partition coefficient (Wildman–Crippen LogP) is 1.90. The highest BCUT2D eigenvalue weighted by molar-refractivity contribution is 5.83. The summed E-state index contributed by atoms with van der Waals surface area (Å²) in [5.74, 6) is 0.775. The maximum absolute atomic E-state index is 13.1. The number of H-pyrrole nitrogens is 1. The molecular weight excluding hydrogens is 264 g/mol. The summed E-state index contributed by atoms with van der Waals surface area (Å²) < 4.78 is 0. The van der Waals surface area contributed by atoms with Crippen LogP contribution in [0.1, 0.15) is 50.6 Å². The number of likely N-dealkylation sites (tertiary alicyclic amines) is 1. The summed E-state index contributed by atoms with van der Waals surface area (Å²) in [7, 11) is 0. The number of nitrogens with zero attached hydrogens (tertiary/aromatic N) is 2. The summed E-state index contributed by atoms with van der Waals surface area (Å²) in [6.07, 6.45) is 7.10. The number of hydrogen-bond acceptors (Lipinski definition) is 3. The molecule has 0 radical (unpaired) electrons. The largest absolute Gasteiger partial charge is 0.342 e. The molecule has 2 unspecified atom stereocenters. The zero-order valence-corrected chi connectivity index (χ0v) is 12.9. The lowest BCUT2D eigenvalue weighted by Gasteiger charge is -2.42. The van der Waals surface area contributed by atoms with Crippen LogP contribution in [0.3, 0.4) is 0 Å². The van der Waals surface area contributed by atoms with Gasteiger partial charge in [-0.3, -0.25) is 9.89 Å². The van der Waals surface area contributed by atoms with E-state index in [1.165, 1.54) is 5.69 Å². The summed E-state index contributed by atoms with van der Waals surface area (Å²) in [5.41, 5.74) is 0.994. The number of hydrogen-bond donors (Lipinski definition) is 2. The van der Waals surface area contributed by atoms with E-state index in [4.69, 9.17) is 0 Å². The monoisotopic (exact) mass is 290 g/mol. The fourth-order valence-electron chi connectivity index (χ4n) is 3.85. The van der Waals surface area contributed by atoms with Gasteiger partial charge in [-0.2, -0.15) is 5.10 Å². The Kier molecular flexibility index (Phi) is 4.29. The number of amides is 1. The quantitative estimate of drug-likeness (QED) is 0.894. The first-order valence-electron chi connectivity index (χ1n) is 8.24. The molecule has 2 aliphatic rings. The van der Waals surface area contributed by atoms with E-state index in [1.54, 1.807) is 6.20 Å². The van der Waals surface area contributed by atoms with Gasteiger partial charge in [-0.25, -0.2) is 0 Å². The molecule has 1 aromatic heterocycles. The second kappa shape index (κ2) is 6.18. The van der Waals surface area contributed by atoms with Crippen molar-refractivity contribution in [2.75, 3.05) is 26.2 Å². The van der Waals surface area contributed by atoms with Gasteiger partial charge in [0.05, 0.1) is 5.41 Å². The fourth-order valence-corrected chi connectivity index (χ4v) is 3.85.